The van der Waals surface area contributed by atoms with Crippen molar-refractivity contribution < 1.29 is 4.79 Å². The molecule has 15 heavy (non-hydrogen) atoms. The Bertz CT molecular complexity index is 248. The lowest BCUT2D eigenvalue weighted by atomic mass is 10.1. The lowest BCUT2D eigenvalue weighted by Gasteiger charge is -2.22. The predicted octanol–water partition coefficient (Wildman–Crippen LogP) is 1.59. The highest BCUT2D eigenvalue weighted by molar-refractivity contribution is 5.84. The van der Waals surface area contributed by atoms with Crippen LogP contribution >= 0.6 is 0 Å². The molecule has 1 amide bonds. The fourth-order valence-corrected chi connectivity index (χ4v) is 2.31. The van der Waals surface area contributed by atoms with Crippen molar-refractivity contribution in [2.75, 3.05) is 6.54 Å². The van der Waals surface area contributed by atoms with Crippen LogP contribution in [-0.4, -0.2) is 29.6 Å². The number of nitrogens with zero attached hydrogens (tertiary/aromatic N) is 1. The molecular formula is C12H22N2O. The molecule has 0 spiro atoms. The molecule has 1 heterocycles. The molecule has 2 unspecified atom stereocenters. The van der Waals surface area contributed by atoms with Crippen LogP contribution in [0.25, 0.3) is 0 Å². The van der Waals surface area contributed by atoms with E-state index >= 15 is 0 Å². The zero-order chi connectivity index (χ0) is 11.0. The Hall–Kier alpha value is -0.570. The third kappa shape index (κ3) is 2.17. The number of carbonyl (C=O) groups is 1. The van der Waals surface area contributed by atoms with E-state index in [1.165, 1.54) is 12.8 Å². The van der Waals surface area contributed by atoms with Crippen molar-refractivity contribution in [1.29, 1.82) is 0 Å². The summed E-state index contributed by atoms with van der Waals surface area (Å²) in [4.78, 5) is 14.2. The van der Waals surface area contributed by atoms with E-state index in [0.29, 0.717) is 11.8 Å². The fourth-order valence-electron chi connectivity index (χ4n) is 2.31. The minimum atomic E-state index is 0.0497. The molecule has 2 rings (SSSR count). The zero-order valence-corrected chi connectivity index (χ0v) is 9.99. The maximum absolute atomic E-state index is 12.1. The molecule has 2 atom stereocenters. The third-order valence-corrected chi connectivity index (χ3v) is 3.50. The van der Waals surface area contributed by atoms with Gasteiger partial charge in [-0.15, -0.1) is 0 Å². The first kappa shape index (κ1) is 10.9. The summed E-state index contributed by atoms with van der Waals surface area (Å²) in [5.41, 5.74) is 0. The van der Waals surface area contributed by atoms with Gasteiger partial charge in [0.15, 0.2) is 0 Å². The number of rotatable bonds is 4. The van der Waals surface area contributed by atoms with Crippen LogP contribution < -0.4 is 5.32 Å². The largest absolute Gasteiger partial charge is 0.326 e. The second kappa shape index (κ2) is 4.12. The Morgan fingerprint density at radius 3 is 2.60 bits per heavy atom. The molecule has 2 aliphatic rings. The SMILES string of the molecule is CCC1NC(C(C)C)C(=O)N1CC1CC1. The standard InChI is InChI=1S/C12H22N2O/c1-4-10-13-11(8(2)3)12(15)14(10)7-9-5-6-9/h8-11,13H,4-7H2,1-3H3. The van der Waals surface area contributed by atoms with Crippen molar-refractivity contribution in [3.05, 3.63) is 0 Å². The normalized spacial score (nSPS) is 31.7. The molecule has 0 aromatic heterocycles. The first-order valence-electron chi connectivity index (χ1n) is 6.20. The Morgan fingerprint density at radius 1 is 1.47 bits per heavy atom. The highest BCUT2D eigenvalue weighted by Crippen LogP contribution is 2.32. The lowest BCUT2D eigenvalue weighted by molar-refractivity contribution is -0.131. The van der Waals surface area contributed by atoms with Gasteiger partial charge in [-0.2, -0.15) is 0 Å². The number of nitrogens with one attached hydrogen (secondary N) is 1. The first-order chi connectivity index (χ1) is 7.13. The average Bonchev–Trinajstić information content (AvgIpc) is 2.93. The van der Waals surface area contributed by atoms with Gasteiger partial charge in [0.2, 0.25) is 5.91 Å². The summed E-state index contributed by atoms with van der Waals surface area (Å²) in [6.45, 7) is 7.35. The summed E-state index contributed by atoms with van der Waals surface area (Å²) in [6.07, 6.45) is 3.92. The van der Waals surface area contributed by atoms with E-state index in [0.717, 1.165) is 18.9 Å². The number of hydrogen-bond acceptors (Lipinski definition) is 2. The van der Waals surface area contributed by atoms with Crippen molar-refractivity contribution in [2.45, 2.75) is 52.2 Å². The molecule has 0 aromatic rings. The number of amides is 1. The van der Waals surface area contributed by atoms with Crippen molar-refractivity contribution in [2.24, 2.45) is 11.8 Å². The van der Waals surface area contributed by atoms with Crippen LogP contribution in [0.15, 0.2) is 0 Å². The summed E-state index contributed by atoms with van der Waals surface area (Å²) in [5.74, 6) is 1.51. The van der Waals surface area contributed by atoms with Crippen LogP contribution in [0.5, 0.6) is 0 Å². The van der Waals surface area contributed by atoms with Gasteiger partial charge < -0.3 is 4.90 Å². The Balaban J connectivity index is 2.02. The maximum Gasteiger partial charge on any atom is 0.241 e. The van der Waals surface area contributed by atoms with E-state index in [-0.39, 0.29) is 12.2 Å². The van der Waals surface area contributed by atoms with E-state index in [9.17, 15) is 4.79 Å². The van der Waals surface area contributed by atoms with Crippen LogP contribution in [0.4, 0.5) is 0 Å². The van der Waals surface area contributed by atoms with Crippen LogP contribution in [0, 0.1) is 11.8 Å². The molecule has 3 heteroatoms. The first-order valence-corrected chi connectivity index (χ1v) is 6.20. The molecule has 2 fully saturated rings. The van der Waals surface area contributed by atoms with E-state index in [2.05, 4.69) is 31.0 Å². The van der Waals surface area contributed by atoms with Gasteiger partial charge in [0.25, 0.3) is 0 Å². The van der Waals surface area contributed by atoms with Crippen LogP contribution in [-0.2, 0) is 4.79 Å². The highest BCUT2D eigenvalue weighted by Gasteiger charge is 2.41. The molecule has 0 radical (unpaired) electrons. The summed E-state index contributed by atoms with van der Waals surface area (Å²) in [6, 6.07) is 0.0497. The molecular weight excluding hydrogens is 188 g/mol. The molecule has 1 saturated heterocycles. The van der Waals surface area contributed by atoms with Gasteiger partial charge in [0.1, 0.15) is 0 Å². The van der Waals surface area contributed by atoms with Crippen molar-refractivity contribution >= 4 is 5.91 Å². The monoisotopic (exact) mass is 210 g/mol. The van der Waals surface area contributed by atoms with Gasteiger partial charge in [-0.05, 0) is 31.1 Å². The fraction of sp³-hybridized carbons (Fsp3) is 0.917. The Morgan fingerprint density at radius 2 is 2.13 bits per heavy atom. The highest BCUT2D eigenvalue weighted by atomic mass is 16.2. The Labute approximate surface area is 92.2 Å². The van der Waals surface area contributed by atoms with Crippen molar-refractivity contribution in [3.63, 3.8) is 0 Å². The smallest absolute Gasteiger partial charge is 0.241 e. The molecule has 1 N–H and O–H groups in total. The summed E-state index contributed by atoms with van der Waals surface area (Å²) in [5, 5.41) is 3.45. The topological polar surface area (TPSA) is 32.3 Å². The second-order valence-electron chi connectivity index (χ2n) is 5.25. The minimum Gasteiger partial charge on any atom is -0.326 e. The van der Waals surface area contributed by atoms with Gasteiger partial charge >= 0.3 is 0 Å². The third-order valence-electron chi connectivity index (χ3n) is 3.50. The van der Waals surface area contributed by atoms with E-state index in [4.69, 9.17) is 0 Å². The number of carbonyl (C=O) groups excluding carboxylic acids is 1. The van der Waals surface area contributed by atoms with Gasteiger partial charge in [-0.1, -0.05) is 20.8 Å². The summed E-state index contributed by atoms with van der Waals surface area (Å²) >= 11 is 0. The zero-order valence-electron chi connectivity index (χ0n) is 9.99. The van der Waals surface area contributed by atoms with Crippen LogP contribution in [0.3, 0.4) is 0 Å². The second-order valence-corrected chi connectivity index (χ2v) is 5.25. The van der Waals surface area contributed by atoms with E-state index in [1.807, 2.05) is 0 Å². The molecule has 86 valence electrons. The Kier molecular flexibility index (Phi) is 3.01. The van der Waals surface area contributed by atoms with Crippen LogP contribution in [0.1, 0.15) is 40.0 Å². The quantitative estimate of drug-likeness (QED) is 0.764. The summed E-state index contributed by atoms with van der Waals surface area (Å²) < 4.78 is 0. The van der Waals surface area contributed by atoms with Crippen molar-refractivity contribution in [1.82, 2.24) is 10.2 Å². The maximum atomic E-state index is 12.1. The van der Waals surface area contributed by atoms with Gasteiger partial charge in [0, 0.05) is 6.54 Å². The van der Waals surface area contributed by atoms with Crippen LogP contribution in [0.2, 0.25) is 0 Å². The predicted molar refractivity (Wildman–Crippen MR) is 60.3 cm³/mol. The molecule has 0 aromatic carbocycles. The number of hydrogen-bond donors (Lipinski definition) is 1. The molecule has 3 nitrogen and oxygen atoms in total. The van der Waals surface area contributed by atoms with Crippen molar-refractivity contribution in [3.8, 4) is 0 Å². The van der Waals surface area contributed by atoms with Gasteiger partial charge in [0.05, 0.1) is 12.2 Å². The van der Waals surface area contributed by atoms with E-state index in [1.54, 1.807) is 0 Å². The minimum absolute atomic E-state index is 0.0497. The van der Waals surface area contributed by atoms with E-state index < -0.39 is 0 Å². The molecule has 1 saturated carbocycles. The summed E-state index contributed by atoms with van der Waals surface area (Å²) in [7, 11) is 0. The lowest BCUT2D eigenvalue weighted by Crippen LogP contribution is -2.38. The van der Waals surface area contributed by atoms with Gasteiger partial charge in [-0.25, -0.2) is 0 Å². The average molecular weight is 210 g/mol. The molecule has 1 aliphatic carbocycles. The van der Waals surface area contributed by atoms with Gasteiger partial charge in [-0.3, -0.25) is 10.1 Å². The molecule has 0 bridgehead atoms. The molecule has 1 aliphatic heterocycles.